The Hall–Kier alpha value is -0.160. The topological polar surface area (TPSA) is 47.9 Å². The zero-order valence-electron chi connectivity index (χ0n) is 9.06. The van der Waals surface area contributed by atoms with E-state index in [1.807, 2.05) is 13.8 Å². The Morgan fingerprint density at radius 1 is 1.14 bits per heavy atom. The molecule has 0 bridgehead atoms. The lowest BCUT2D eigenvalue weighted by Gasteiger charge is -2.48. The summed E-state index contributed by atoms with van der Waals surface area (Å²) in [6.45, 7) is 3.89. The summed E-state index contributed by atoms with van der Waals surface area (Å²) in [6, 6.07) is 0. The van der Waals surface area contributed by atoms with Gasteiger partial charge in [0.1, 0.15) is 0 Å². The third-order valence-electron chi connectivity index (χ3n) is 3.73. The number of methoxy groups -OCH3 is 2. The molecule has 1 saturated carbocycles. The second-order valence-corrected chi connectivity index (χ2v) is 4.29. The van der Waals surface area contributed by atoms with E-state index in [9.17, 15) is 5.11 Å². The Labute approximate surface area is 84.1 Å². The van der Waals surface area contributed by atoms with Crippen LogP contribution in [0.3, 0.4) is 0 Å². The van der Waals surface area contributed by atoms with Crippen molar-refractivity contribution >= 4 is 0 Å². The van der Waals surface area contributed by atoms with Crippen molar-refractivity contribution in [2.24, 2.45) is 11.8 Å². The molecule has 0 radical (unpaired) electrons. The van der Waals surface area contributed by atoms with Gasteiger partial charge in [-0.15, -0.1) is 0 Å². The zero-order chi connectivity index (χ0) is 10.5. The lowest BCUT2D eigenvalue weighted by atomic mass is 9.85. The Morgan fingerprint density at radius 3 is 2.14 bits per heavy atom. The Balaban J connectivity index is 2.25. The molecule has 2 aliphatic rings. The number of hydrogen-bond donors (Lipinski definition) is 1. The quantitative estimate of drug-likeness (QED) is 0.703. The van der Waals surface area contributed by atoms with Crippen LogP contribution >= 0.6 is 0 Å². The Bertz CT molecular complexity index is 232. The highest BCUT2D eigenvalue weighted by molar-refractivity contribution is 5.10. The first-order chi connectivity index (χ1) is 6.56. The van der Waals surface area contributed by atoms with Gasteiger partial charge in [0, 0.05) is 20.1 Å². The van der Waals surface area contributed by atoms with Gasteiger partial charge in [-0.25, -0.2) is 0 Å². The number of rotatable bonds is 2. The maximum absolute atomic E-state index is 10.2. The third kappa shape index (κ3) is 1.03. The number of aliphatic hydroxyl groups is 1. The standard InChI is InChI=1S/C10H18O4/c1-5-8(12-3)9(13-4)7-6(2)14-10(5,7)11/h5-9,11H,1-4H3. The van der Waals surface area contributed by atoms with E-state index in [0.29, 0.717) is 0 Å². The third-order valence-corrected chi connectivity index (χ3v) is 3.73. The Kier molecular flexibility index (Phi) is 2.34. The van der Waals surface area contributed by atoms with E-state index in [1.165, 1.54) is 0 Å². The molecule has 1 aliphatic heterocycles. The minimum absolute atomic E-state index is 0.0347. The molecule has 14 heavy (non-hydrogen) atoms. The van der Waals surface area contributed by atoms with Crippen molar-refractivity contribution in [3.8, 4) is 0 Å². The lowest BCUT2D eigenvalue weighted by molar-refractivity contribution is -0.372. The molecule has 1 saturated heterocycles. The fourth-order valence-corrected chi connectivity index (χ4v) is 2.97. The van der Waals surface area contributed by atoms with Crippen molar-refractivity contribution in [2.75, 3.05) is 14.2 Å². The van der Waals surface area contributed by atoms with Gasteiger partial charge in [-0.1, -0.05) is 6.92 Å². The SMILES string of the molecule is COC1C(OC)C2C(C)OC2(O)C1C. The van der Waals surface area contributed by atoms with Gasteiger partial charge in [0.05, 0.1) is 24.2 Å². The second kappa shape index (κ2) is 3.17. The maximum Gasteiger partial charge on any atom is 0.178 e. The molecular weight excluding hydrogens is 184 g/mol. The molecule has 4 nitrogen and oxygen atoms in total. The average Bonchev–Trinajstić information content (AvgIpc) is 2.31. The Morgan fingerprint density at radius 2 is 1.71 bits per heavy atom. The lowest BCUT2D eigenvalue weighted by Crippen LogP contribution is -2.61. The van der Waals surface area contributed by atoms with Crippen molar-refractivity contribution in [2.45, 2.75) is 37.9 Å². The van der Waals surface area contributed by atoms with Crippen LogP contribution in [0.5, 0.6) is 0 Å². The normalized spacial score (nSPS) is 56.8. The van der Waals surface area contributed by atoms with Gasteiger partial charge >= 0.3 is 0 Å². The summed E-state index contributed by atoms with van der Waals surface area (Å²) < 4.78 is 16.2. The molecule has 4 heteroatoms. The van der Waals surface area contributed by atoms with Crippen LogP contribution < -0.4 is 0 Å². The van der Waals surface area contributed by atoms with Crippen LogP contribution in [0.15, 0.2) is 0 Å². The molecule has 2 fully saturated rings. The second-order valence-electron chi connectivity index (χ2n) is 4.29. The van der Waals surface area contributed by atoms with E-state index in [4.69, 9.17) is 14.2 Å². The summed E-state index contributed by atoms with van der Waals surface area (Å²) in [5, 5.41) is 10.2. The molecule has 0 aromatic heterocycles. The fraction of sp³-hybridized carbons (Fsp3) is 1.00. The highest BCUT2D eigenvalue weighted by Gasteiger charge is 2.68. The zero-order valence-corrected chi connectivity index (χ0v) is 9.06. The van der Waals surface area contributed by atoms with Gasteiger partial charge in [-0.3, -0.25) is 0 Å². The molecule has 0 amide bonds. The van der Waals surface area contributed by atoms with Gasteiger partial charge in [0.2, 0.25) is 0 Å². The van der Waals surface area contributed by atoms with E-state index in [1.54, 1.807) is 14.2 Å². The van der Waals surface area contributed by atoms with Gasteiger partial charge in [-0.2, -0.15) is 0 Å². The van der Waals surface area contributed by atoms with Crippen molar-refractivity contribution in [3.05, 3.63) is 0 Å². The molecule has 0 spiro atoms. The van der Waals surface area contributed by atoms with Crippen LogP contribution in [-0.4, -0.2) is 43.4 Å². The summed E-state index contributed by atoms with van der Waals surface area (Å²) in [5.41, 5.74) is 0. The van der Waals surface area contributed by atoms with Crippen LogP contribution in [0.2, 0.25) is 0 Å². The minimum atomic E-state index is -1.04. The highest BCUT2D eigenvalue weighted by atomic mass is 16.7. The van der Waals surface area contributed by atoms with Crippen molar-refractivity contribution < 1.29 is 19.3 Å². The van der Waals surface area contributed by atoms with Gasteiger partial charge in [-0.05, 0) is 6.92 Å². The number of fused-ring (bicyclic) bond motifs is 1. The first-order valence-electron chi connectivity index (χ1n) is 5.02. The van der Waals surface area contributed by atoms with Crippen LogP contribution in [0.25, 0.3) is 0 Å². The predicted octanol–water partition coefficient (Wildman–Crippen LogP) is 0.390. The first-order valence-corrected chi connectivity index (χ1v) is 5.02. The number of ether oxygens (including phenoxy) is 3. The maximum atomic E-state index is 10.2. The van der Waals surface area contributed by atoms with Gasteiger partial charge in [0.25, 0.3) is 0 Å². The molecule has 0 aromatic carbocycles. The molecule has 1 aliphatic carbocycles. The highest BCUT2D eigenvalue weighted by Crippen LogP contribution is 2.53. The molecular formula is C10H18O4. The largest absolute Gasteiger partial charge is 0.378 e. The summed E-state index contributed by atoms with van der Waals surface area (Å²) in [6.07, 6.45) is -0.101. The molecule has 1 N–H and O–H groups in total. The van der Waals surface area contributed by atoms with E-state index < -0.39 is 5.79 Å². The van der Waals surface area contributed by atoms with Crippen LogP contribution in [-0.2, 0) is 14.2 Å². The molecule has 2 rings (SSSR count). The minimum Gasteiger partial charge on any atom is -0.378 e. The van der Waals surface area contributed by atoms with Crippen LogP contribution in [0, 0.1) is 11.8 Å². The molecule has 82 valence electrons. The fourth-order valence-electron chi connectivity index (χ4n) is 2.97. The summed E-state index contributed by atoms with van der Waals surface area (Å²) >= 11 is 0. The summed E-state index contributed by atoms with van der Waals surface area (Å²) in [7, 11) is 3.30. The number of hydrogen-bond acceptors (Lipinski definition) is 4. The van der Waals surface area contributed by atoms with Gasteiger partial charge in [0.15, 0.2) is 5.79 Å². The van der Waals surface area contributed by atoms with Gasteiger partial charge < -0.3 is 19.3 Å². The van der Waals surface area contributed by atoms with E-state index in [2.05, 4.69) is 0 Å². The smallest absolute Gasteiger partial charge is 0.178 e. The molecule has 0 aromatic rings. The van der Waals surface area contributed by atoms with Crippen molar-refractivity contribution in [1.29, 1.82) is 0 Å². The van der Waals surface area contributed by atoms with Crippen LogP contribution in [0.4, 0.5) is 0 Å². The van der Waals surface area contributed by atoms with Crippen LogP contribution in [0.1, 0.15) is 13.8 Å². The van der Waals surface area contributed by atoms with Crippen molar-refractivity contribution in [1.82, 2.24) is 0 Å². The average molecular weight is 202 g/mol. The van der Waals surface area contributed by atoms with E-state index >= 15 is 0 Å². The molecule has 1 heterocycles. The molecule has 6 unspecified atom stereocenters. The summed E-state index contributed by atoms with van der Waals surface area (Å²) in [4.78, 5) is 0. The predicted molar refractivity (Wildman–Crippen MR) is 49.7 cm³/mol. The van der Waals surface area contributed by atoms with Crippen molar-refractivity contribution in [3.63, 3.8) is 0 Å². The first kappa shape index (κ1) is 10.4. The molecule has 6 atom stereocenters. The van der Waals surface area contributed by atoms with E-state index in [-0.39, 0.29) is 30.1 Å². The van der Waals surface area contributed by atoms with E-state index in [0.717, 1.165) is 0 Å². The summed E-state index contributed by atoms with van der Waals surface area (Å²) in [5.74, 6) is -1.05. The monoisotopic (exact) mass is 202 g/mol.